The van der Waals surface area contributed by atoms with Gasteiger partial charge in [0.2, 0.25) is 0 Å². The number of carbonyl (C=O) groups excluding carboxylic acids is 1. The Bertz CT molecular complexity index is 456. The molecular weight excluding hydrogens is 262 g/mol. The zero-order valence-corrected chi connectivity index (χ0v) is 13.2. The molecule has 1 aromatic carbocycles. The molecule has 3 nitrogen and oxygen atoms in total. The molecule has 1 aromatic rings. The Kier molecular flexibility index (Phi) is 5.54. The topological polar surface area (TPSA) is 40.5 Å². The van der Waals surface area contributed by atoms with Crippen LogP contribution < -0.4 is 0 Å². The van der Waals surface area contributed by atoms with Crippen molar-refractivity contribution >= 4 is 5.78 Å². The molecule has 1 atom stereocenters. The molecule has 0 heterocycles. The van der Waals surface area contributed by atoms with Gasteiger partial charge in [-0.1, -0.05) is 50.6 Å². The van der Waals surface area contributed by atoms with E-state index in [1.165, 1.54) is 5.56 Å². The molecule has 1 N–H and O–H groups in total. The van der Waals surface area contributed by atoms with Gasteiger partial charge in [-0.05, 0) is 18.4 Å². The Hall–Kier alpha value is -1.19. The summed E-state index contributed by atoms with van der Waals surface area (Å²) in [5, 5.41) is 9.29. The summed E-state index contributed by atoms with van der Waals surface area (Å²) in [5.74, 6) is 0.508. The molecule has 3 heteroatoms. The lowest BCUT2D eigenvalue weighted by molar-refractivity contribution is -0.135. The molecule has 1 aliphatic carbocycles. The molecule has 0 bridgehead atoms. The van der Waals surface area contributed by atoms with E-state index >= 15 is 0 Å². The minimum absolute atomic E-state index is 0.115. The average Bonchev–Trinajstić information content (AvgIpc) is 2.45. The lowest BCUT2D eigenvalue weighted by Crippen LogP contribution is -2.42. The molecule has 21 heavy (non-hydrogen) atoms. The Morgan fingerprint density at radius 3 is 2.67 bits per heavy atom. The SMILES string of the molecule is CC1(C)CCCC(CN(CCO)Cc2ccccc2)C1=O. The second-order valence-electron chi connectivity index (χ2n) is 6.78. The first kappa shape index (κ1) is 16.2. The highest BCUT2D eigenvalue weighted by Gasteiger charge is 2.37. The van der Waals surface area contributed by atoms with Crippen LogP contribution in [0.5, 0.6) is 0 Å². The third-order valence-corrected chi connectivity index (χ3v) is 4.54. The van der Waals surface area contributed by atoms with E-state index < -0.39 is 0 Å². The fourth-order valence-corrected chi connectivity index (χ4v) is 3.30. The summed E-state index contributed by atoms with van der Waals surface area (Å²) < 4.78 is 0. The molecule has 0 saturated heterocycles. The molecule has 0 spiro atoms. The summed E-state index contributed by atoms with van der Waals surface area (Å²) in [6, 6.07) is 10.3. The van der Waals surface area contributed by atoms with Crippen LogP contribution in [0.1, 0.15) is 38.7 Å². The van der Waals surface area contributed by atoms with Crippen LogP contribution in [0, 0.1) is 11.3 Å². The van der Waals surface area contributed by atoms with Gasteiger partial charge >= 0.3 is 0 Å². The van der Waals surface area contributed by atoms with E-state index in [2.05, 4.69) is 30.9 Å². The van der Waals surface area contributed by atoms with Crippen LogP contribution in [-0.4, -0.2) is 35.5 Å². The maximum absolute atomic E-state index is 12.6. The van der Waals surface area contributed by atoms with Crippen molar-refractivity contribution in [3.8, 4) is 0 Å². The number of ketones is 1. The highest BCUT2D eigenvalue weighted by Crippen LogP contribution is 2.35. The molecular formula is C18H27NO2. The zero-order chi connectivity index (χ0) is 15.3. The van der Waals surface area contributed by atoms with Gasteiger partial charge in [-0.25, -0.2) is 0 Å². The molecule has 0 amide bonds. The summed E-state index contributed by atoms with van der Waals surface area (Å²) >= 11 is 0. The van der Waals surface area contributed by atoms with Crippen molar-refractivity contribution < 1.29 is 9.90 Å². The Labute approximate surface area is 128 Å². The monoisotopic (exact) mass is 289 g/mol. The fraction of sp³-hybridized carbons (Fsp3) is 0.611. The largest absolute Gasteiger partial charge is 0.395 e. The van der Waals surface area contributed by atoms with E-state index in [0.717, 1.165) is 32.4 Å². The Morgan fingerprint density at radius 2 is 2.00 bits per heavy atom. The molecule has 1 aliphatic rings. The summed E-state index contributed by atoms with van der Waals surface area (Å²) in [4.78, 5) is 14.8. The van der Waals surface area contributed by atoms with Crippen molar-refractivity contribution in [1.82, 2.24) is 4.90 Å². The predicted octanol–water partition coefficient (Wildman–Crippen LogP) is 2.88. The summed E-state index contributed by atoms with van der Waals surface area (Å²) in [6.45, 7) is 6.45. The van der Waals surface area contributed by atoms with Crippen LogP contribution >= 0.6 is 0 Å². The molecule has 1 unspecified atom stereocenters. The third kappa shape index (κ3) is 4.39. The van der Waals surface area contributed by atoms with Gasteiger partial charge in [0.15, 0.2) is 0 Å². The highest BCUT2D eigenvalue weighted by atomic mass is 16.3. The minimum atomic E-state index is -0.180. The highest BCUT2D eigenvalue weighted by molar-refractivity contribution is 5.87. The van der Waals surface area contributed by atoms with Crippen molar-refractivity contribution in [1.29, 1.82) is 0 Å². The normalized spacial score (nSPS) is 21.7. The standard InChI is InChI=1S/C18H27NO2/c1-18(2)10-6-9-16(17(18)21)14-19(11-12-20)13-15-7-4-3-5-8-15/h3-5,7-8,16,20H,6,9-14H2,1-2H3. The zero-order valence-electron chi connectivity index (χ0n) is 13.2. The van der Waals surface area contributed by atoms with E-state index in [9.17, 15) is 9.90 Å². The second kappa shape index (κ2) is 7.19. The summed E-state index contributed by atoms with van der Waals surface area (Å²) in [5.41, 5.74) is 1.05. The van der Waals surface area contributed by atoms with E-state index in [-0.39, 0.29) is 17.9 Å². The number of Topliss-reactive ketones (excluding diaryl/α,β-unsaturated/α-hetero) is 1. The smallest absolute Gasteiger partial charge is 0.142 e. The quantitative estimate of drug-likeness (QED) is 0.875. The molecule has 0 aromatic heterocycles. The van der Waals surface area contributed by atoms with Crippen molar-refractivity contribution in [2.45, 2.75) is 39.7 Å². The van der Waals surface area contributed by atoms with Crippen LogP contribution in [0.25, 0.3) is 0 Å². The number of benzene rings is 1. The van der Waals surface area contributed by atoms with Gasteiger partial charge in [-0.15, -0.1) is 0 Å². The number of aliphatic hydroxyl groups is 1. The number of rotatable bonds is 6. The van der Waals surface area contributed by atoms with Gasteiger partial charge in [0.05, 0.1) is 6.61 Å². The number of hydrogen-bond acceptors (Lipinski definition) is 3. The fourth-order valence-electron chi connectivity index (χ4n) is 3.30. The average molecular weight is 289 g/mol. The Morgan fingerprint density at radius 1 is 1.29 bits per heavy atom. The number of carbonyl (C=O) groups is 1. The maximum Gasteiger partial charge on any atom is 0.142 e. The van der Waals surface area contributed by atoms with Crippen LogP contribution in [0.2, 0.25) is 0 Å². The predicted molar refractivity (Wildman–Crippen MR) is 84.9 cm³/mol. The van der Waals surface area contributed by atoms with E-state index in [4.69, 9.17) is 0 Å². The van der Waals surface area contributed by atoms with Gasteiger partial charge in [0.1, 0.15) is 5.78 Å². The van der Waals surface area contributed by atoms with Crippen molar-refractivity contribution in [3.05, 3.63) is 35.9 Å². The molecule has 0 aliphatic heterocycles. The molecule has 1 saturated carbocycles. The van der Waals surface area contributed by atoms with E-state index in [1.807, 2.05) is 18.2 Å². The first-order valence-corrected chi connectivity index (χ1v) is 7.94. The number of nitrogens with zero attached hydrogens (tertiary/aromatic N) is 1. The van der Waals surface area contributed by atoms with Crippen molar-refractivity contribution in [3.63, 3.8) is 0 Å². The van der Waals surface area contributed by atoms with Gasteiger partial charge in [0.25, 0.3) is 0 Å². The van der Waals surface area contributed by atoms with Crippen molar-refractivity contribution in [2.24, 2.45) is 11.3 Å². The molecule has 2 rings (SSSR count). The van der Waals surface area contributed by atoms with E-state index in [0.29, 0.717) is 12.3 Å². The lowest BCUT2D eigenvalue weighted by Gasteiger charge is -2.36. The summed E-state index contributed by atoms with van der Waals surface area (Å²) in [7, 11) is 0. The van der Waals surface area contributed by atoms with Crippen LogP contribution in [0.15, 0.2) is 30.3 Å². The van der Waals surface area contributed by atoms with Gasteiger partial charge in [0, 0.05) is 31.0 Å². The second-order valence-corrected chi connectivity index (χ2v) is 6.78. The molecule has 0 radical (unpaired) electrons. The van der Waals surface area contributed by atoms with Crippen LogP contribution in [0.4, 0.5) is 0 Å². The third-order valence-electron chi connectivity index (χ3n) is 4.54. The maximum atomic E-state index is 12.6. The van der Waals surface area contributed by atoms with Crippen molar-refractivity contribution in [2.75, 3.05) is 19.7 Å². The van der Waals surface area contributed by atoms with Crippen LogP contribution in [0.3, 0.4) is 0 Å². The molecule has 116 valence electrons. The van der Waals surface area contributed by atoms with Gasteiger partial charge in [-0.2, -0.15) is 0 Å². The first-order valence-electron chi connectivity index (χ1n) is 7.94. The lowest BCUT2D eigenvalue weighted by atomic mass is 9.71. The first-order chi connectivity index (χ1) is 10.0. The number of aliphatic hydroxyl groups excluding tert-OH is 1. The van der Waals surface area contributed by atoms with Gasteiger partial charge < -0.3 is 5.11 Å². The Balaban J connectivity index is 2.00. The number of hydrogen-bond donors (Lipinski definition) is 1. The van der Waals surface area contributed by atoms with Gasteiger partial charge in [-0.3, -0.25) is 9.69 Å². The summed E-state index contributed by atoms with van der Waals surface area (Å²) in [6.07, 6.45) is 3.11. The van der Waals surface area contributed by atoms with E-state index in [1.54, 1.807) is 0 Å². The van der Waals surface area contributed by atoms with Crippen LogP contribution in [-0.2, 0) is 11.3 Å². The molecule has 1 fully saturated rings. The minimum Gasteiger partial charge on any atom is -0.395 e.